The molecule has 0 aliphatic heterocycles. The minimum absolute atomic E-state index is 0.0246. The van der Waals surface area contributed by atoms with Gasteiger partial charge in [-0.25, -0.2) is 17.5 Å². The van der Waals surface area contributed by atoms with Crippen LogP contribution in [0.25, 0.3) is 0 Å². The molecule has 0 heterocycles. The fraction of sp³-hybridized carbons (Fsp3) is 0.300. The summed E-state index contributed by atoms with van der Waals surface area (Å²) in [6, 6.07) is 9.45. The highest BCUT2D eigenvalue weighted by molar-refractivity contribution is 7.89. The number of amides is 1. The fourth-order valence-corrected chi connectivity index (χ4v) is 3.70. The van der Waals surface area contributed by atoms with Crippen molar-refractivity contribution in [2.45, 2.75) is 18.7 Å². The second-order valence-electron chi connectivity index (χ2n) is 6.68. The number of hydrogen-bond acceptors (Lipinski definition) is 6. The van der Waals surface area contributed by atoms with Crippen LogP contribution in [0, 0.1) is 13.8 Å². The molecule has 0 aliphatic carbocycles. The molecule has 2 aromatic rings. The second-order valence-corrected chi connectivity index (χ2v) is 9.20. The number of ether oxygens (including phenoxy) is 2. The van der Waals surface area contributed by atoms with Gasteiger partial charge < -0.3 is 14.8 Å². The SMILES string of the molecule is Cc1ccc(OCC(=O)OCC(=O)Nc2ccc(Cl)c(S(=O)(=O)N(C)C)c2)cc1C. The van der Waals surface area contributed by atoms with Gasteiger partial charge in [-0.3, -0.25) is 4.79 Å². The van der Waals surface area contributed by atoms with Crippen molar-refractivity contribution in [1.29, 1.82) is 0 Å². The number of halogens is 1. The third-order valence-electron chi connectivity index (χ3n) is 4.17. The average Bonchev–Trinajstić information content (AvgIpc) is 2.68. The fourth-order valence-electron chi connectivity index (χ4n) is 2.31. The van der Waals surface area contributed by atoms with Crippen LogP contribution < -0.4 is 10.1 Å². The zero-order valence-electron chi connectivity index (χ0n) is 17.1. The maximum absolute atomic E-state index is 12.3. The Balaban J connectivity index is 1.90. The molecule has 2 rings (SSSR count). The minimum Gasteiger partial charge on any atom is -0.482 e. The van der Waals surface area contributed by atoms with Crippen LogP contribution in [0.5, 0.6) is 5.75 Å². The predicted molar refractivity (Wildman–Crippen MR) is 113 cm³/mol. The first-order valence-electron chi connectivity index (χ1n) is 8.88. The molecule has 0 saturated carbocycles. The van der Waals surface area contributed by atoms with E-state index in [-0.39, 0.29) is 22.2 Å². The highest BCUT2D eigenvalue weighted by Crippen LogP contribution is 2.26. The summed E-state index contributed by atoms with van der Waals surface area (Å²) in [6.07, 6.45) is 0. The molecule has 0 fully saturated rings. The van der Waals surface area contributed by atoms with Gasteiger partial charge in [-0.2, -0.15) is 0 Å². The monoisotopic (exact) mass is 454 g/mol. The molecule has 2 aromatic carbocycles. The molecular formula is C20H23ClN2O6S. The Bertz CT molecular complexity index is 1050. The first-order valence-corrected chi connectivity index (χ1v) is 10.7. The molecule has 0 unspecified atom stereocenters. The van der Waals surface area contributed by atoms with Crippen molar-refractivity contribution in [2.24, 2.45) is 0 Å². The number of sulfonamides is 1. The maximum atomic E-state index is 12.3. The van der Waals surface area contributed by atoms with Crippen LogP contribution in [0.2, 0.25) is 5.02 Å². The van der Waals surface area contributed by atoms with Gasteiger partial charge in [-0.1, -0.05) is 17.7 Å². The number of anilines is 1. The van der Waals surface area contributed by atoms with Crippen LogP contribution >= 0.6 is 11.6 Å². The summed E-state index contributed by atoms with van der Waals surface area (Å²) in [7, 11) is -1.04. The molecule has 1 N–H and O–H groups in total. The third kappa shape index (κ3) is 6.19. The molecule has 0 radical (unpaired) electrons. The molecule has 0 saturated heterocycles. The lowest BCUT2D eigenvalue weighted by molar-refractivity contribution is -0.149. The van der Waals surface area contributed by atoms with E-state index in [9.17, 15) is 18.0 Å². The van der Waals surface area contributed by atoms with Gasteiger partial charge in [-0.15, -0.1) is 0 Å². The Morgan fingerprint density at radius 3 is 2.37 bits per heavy atom. The van der Waals surface area contributed by atoms with Crippen molar-refractivity contribution in [3.63, 3.8) is 0 Å². The molecule has 0 aromatic heterocycles. The third-order valence-corrected chi connectivity index (χ3v) is 6.47. The van der Waals surface area contributed by atoms with E-state index < -0.39 is 28.5 Å². The predicted octanol–water partition coefficient (Wildman–Crippen LogP) is 2.77. The zero-order valence-corrected chi connectivity index (χ0v) is 18.6. The molecule has 0 spiro atoms. The van der Waals surface area contributed by atoms with Gasteiger partial charge in [0.1, 0.15) is 10.6 Å². The Labute approximate surface area is 180 Å². The molecule has 0 aliphatic rings. The van der Waals surface area contributed by atoms with Crippen LogP contribution in [0.3, 0.4) is 0 Å². The highest BCUT2D eigenvalue weighted by atomic mass is 35.5. The van der Waals surface area contributed by atoms with Crippen LogP contribution in [0.4, 0.5) is 5.69 Å². The zero-order chi connectivity index (χ0) is 22.5. The van der Waals surface area contributed by atoms with E-state index in [1.54, 1.807) is 12.1 Å². The van der Waals surface area contributed by atoms with Crippen molar-refractivity contribution in [3.05, 3.63) is 52.5 Å². The highest BCUT2D eigenvalue weighted by Gasteiger charge is 2.21. The lowest BCUT2D eigenvalue weighted by Crippen LogP contribution is -2.24. The molecule has 0 bridgehead atoms. The van der Waals surface area contributed by atoms with Crippen LogP contribution in [-0.4, -0.2) is 51.9 Å². The number of hydrogen-bond donors (Lipinski definition) is 1. The Morgan fingerprint density at radius 1 is 1.03 bits per heavy atom. The van der Waals surface area contributed by atoms with E-state index in [0.29, 0.717) is 5.75 Å². The normalized spacial score (nSPS) is 11.3. The van der Waals surface area contributed by atoms with E-state index in [1.807, 2.05) is 19.9 Å². The van der Waals surface area contributed by atoms with Crippen LogP contribution in [-0.2, 0) is 24.3 Å². The van der Waals surface area contributed by atoms with Crippen molar-refractivity contribution >= 4 is 39.2 Å². The number of aryl methyl sites for hydroxylation is 2. The largest absolute Gasteiger partial charge is 0.482 e. The van der Waals surface area contributed by atoms with Gasteiger partial charge in [-0.05, 0) is 55.3 Å². The van der Waals surface area contributed by atoms with Crippen molar-refractivity contribution in [3.8, 4) is 5.75 Å². The summed E-state index contributed by atoms with van der Waals surface area (Å²) in [4.78, 5) is 23.7. The quantitative estimate of drug-likeness (QED) is 0.615. The van der Waals surface area contributed by atoms with E-state index in [0.717, 1.165) is 15.4 Å². The van der Waals surface area contributed by atoms with E-state index in [2.05, 4.69) is 5.32 Å². The lowest BCUT2D eigenvalue weighted by atomic mass is 10.1. The first-order chi connectivity index (χ1) is 14.0. The number of nitrogens with zero attached hydrogens (tertiary/aromatic N) is 1. The summed E-state index contributed by atoms with van der Waals surface area (Å²) in [5.41, 5.74) is 2.33. The van der Waals surface area contributed by atoms with Crippen molar-refractivity contribution in [1.82, 2.24) is 4.31 Å². The molecule has 30 heavy (non-hydrogen) atoms. The van der Waals surface area contributed by atoms with Gasteiger partial charge in [0, 0.05) is 19.8 Å². The molecule has 1 amide bonds. The number of nitrogens with one attached hydrogen (secondary N) is 1. The number of carbonyl (C=O) groups is 2. The second kappa shape index (κ2) is 9.92. The molecular weight excluding hydrogens is 432 g/mol. The van der Waals surface area contributed by atoms with Gasteiger partial charge in [0.2, 0.25) is 10.0 Å². The maximum Gasteiger partial charge on any atom is 0.344 e. The van der Waals surface area contributed by atoms with Gasteiger partial charge in [0.05, 0.1) is 5.02 Å². The van der Waals surface area contributed by atoms with E-state index in [4.69, 9.17) is 21.1 Å². The lowest BCUT2D eigenvalue weighted by Gasteiger charge is -2.14. The van der Waals surface area contributed by atoms with Gasteiger partial charge in [0.15, 0.2) is 13.2 Å². The number of esters is 1. The summed E-state index contributed by atoms with van der Waals surface area (Å²) in [5.74, 6) is -0.823. The van der Waals surface area contributed by atoms with Gasteiger partial charge in [0.25, 0.3) is 5.91 Å². The van der Waals surface area contributed by atoms with Crippen molar-refractivity contribution < 1.29 is 27.5 Å². The number of benzene rings is 2. The number of rotatable bonds is 8. The Morgan fingerprint density at radius 2 is 1.73 bits per heavy atom. The van der Waals surface area contributed by atoms with Crippen LogP contribution in [0.1, 0.15) is 11.1 Å². The summed E-state index contributed by atoms with van der Waals surface area (Å²) in [5, 5.41) is 2.49. The Hall–Kier alpha value is -2.62. The smallest absolute Gasteiger partial charge is 0.344 e. The Kier molecular flexibility index (Phi) is 7.83. The summed E-state index contributed by atoms with van der Waals surface area (Å²) in [6.45, 7) is 3.00. The molecule has 8 nitrogen and oxygen atoms in total. The summed E-state index contributed by atoms with van der Waals surface area (Å²) >= 11 is 5.97. The molecule has 162 valence electrons. The number of carbonyl (C=O) groups excluding carboxylic acids is 2. The topological polar surface area (TPSA) is 102 Å². The van der Waals surface area contributed by atoms with Gasteiger partial charge >= 0.3 is 5.97 Å². The molecule has 10 heteroatoms. The summed E-state index contributed by atoms with van der Waals surface area (Å²) < 4.78 is 35.8. The average molecular weight is 455 g/mol. The van der Waals surface area contributed by atoms with Crippen LogP contribution in [0.15, 0.2) is 41.3 Å². The first kappa shape index (κ1) is 23.7. The van der Waals surface area contributed by atoms with Crippen molar-refractivity contribution in [2.75, 3.05) is 32.6 Å². The minimum atomic E-state index is -3.78. The molecule has 0 atom stereocenters. The van der Waals surface area contributed by atoms with E-state index >= 15 is 0 Å². The van der Waals surface area contributed by atoms with E-state index in [1.165, 1.54) is 32.3 Å². The standard InChI is InChI=1S/C20H23ClN2O6S/c1-13-5-7-16(9-14(13)2)28-12-20(25)29-11-19(24)22-15-6-8-17(21)18(10-15)30(26,27)23(3)4/h5-10H,11-12H2,1-4H3,(H,22,24).